The van der Waals surface area contributed by atoms with Crippen molar-refractivity contribution in [3.63, 3.8) is 0 Å². The highest BCUT2D eigenvalue weighted by Crippen LogP contribution is 2.01. The van der Waals surface area contributed by atoms with E-state index in [2.05, 4.69) is 16.7 Å². The molecule has 58 valence electrons. The summed E-state index contributed by atoms with van der Waals surface area (Å²) in [6.45, 7) is 5.62. The second kappa shape index (κ2) is 3.14. The summed E-state index contributed by atoms with van der Waals surface area (Å²) >= 11 is 0. The van der Waals surface area contributed by atoms with Crippen LogP contribution in [0.4, 0.5) is 0 Å². The third-order valence-corrected chi connectivity index (χ3v) is 1.43. The van der Waals surface area contributed by atoms with E-state index < -0.39 is 0 Å². The number of rotatable bonds is 2. The Morgan fingerprint density at radius 2 is 2.45 bits per heavy atom. The zero-order valence-electron chi connectivity index (χ0n) is 6.78. The molecule has 0 aliphatic heterocycles. The minimum Gasteiger partial charge on any atom is -0.249 e. The molecule has 0 aliphatic carbocycles. The van der Waals surface area contributed by atoms with Crippen molar-refractivity contribution in [2.24, 2.45) is 7.05 Å². The topological polar surface area (TPSA) is 30.7 Å². The molecule has 3 nitrogen and oxygen atoms in total. The van der Waals surface area contributed by atoms with Crippen LogP contribution in [0.3, 0.4) is 0 Å². The maximum absolute atomic E-state index is 4.03. The first-order chi connectivity index (χ1) is 5.24. The van der Waals surface area contributed by atoms with Gasteiger partial charge in [0.05, 0.1) is 0 Å². The lowest BCUT2D eigenvalue weighted by Gasteiger charge is -1.92. The average Bonchev–Trinajstić information content (AvgIpc) is 2.37. The van der Waals surface area contributed by atoms with Gasteiger partial charge in [-0.3, -0.25) is 0 Å². The number of nitrogens with zero attached hydrogens (tertiary/aromatic N) is 3. The number of hydrogen-bond donors (Lipinski definition) is 0. The number of allylic oxidation sites excluding steroid dienone is 2. The summed E-state index contributed by atoms with van der Waals surface area (Å²) in [6, 6.07) is 0. The Bertz CT molecular complexity index is 283. The Morgan fingerprint density at radius 1 is 1.73 bits per heavy atom. The highest BCUT2D eigenvalue weighted by atomic mass is 15.3. The maximum Gasteiger partial charge on any atom is 0.150 e. The van der Waals surface area contributed by atoms with Crippen molar-refractivity contribution in [2.45, 2.75) is 6.92 Å². The van der Waals surface area contributed by atoms with Gasteiger partial charge in [0.1, 0.15) is 6.33 Å². The molecular weight excluding hydrogens is 138 g/mol. The van der Waals surface area contributed by atoms with Crippen molar-refractivity contribution in [3.8, 4) is 0 Å². The van der Waals surface area contributed by atoms with E-state index in [1.54, 1.807) is 10.8 Å². The minimum absolute atomic E-state index is 0.849. The molecular formula is C8H11N3. The maximum atomic E-state index is 4.03. The standard InChI is InChI=1S/C8H11N3/c1-4-7(2)5-8-9-6-10-11(8)3/h4-6H,1H2,2-3H3/b7-5-. The second-order valence-corrected chi connectivity index (χ2v) is 2.33. The molecule has 0 atom stereocenters. The van der Waals surface area contributed by atoms with Gasteiger partial charge in [0, 0.05) is 7.05 Å². The summed E-state index contributed by atoms with van der Waals surface area (Å²) in [5.74, 6) is 0.849. The van der Waals surface area contributed by atoms with Crippen molar-refractivity contribution in [3.05, 3.63) is 30.4 Å². The third kappa shape index (κ3) is 1.77. The van der Waals surface area contributed by atoms with Crippen molar-refractivity contribution in [1.29, 1.82) is 0 Å². The van der Waals surface area contributed by atoms with Gasteiger partial charge in [0.2, 0.25) is 0 Å². The quantitative estimate of drug-likeness (QED) is 0.595. The van der Waals surface area contributed by atoms with E-state index in [4.69, 9.17) is 0 Å². The van der Waals surface area contributed by atoms with Gasteiger partial charge in [-0.15, -0.1) is 0 Å². The number of hydrogen-bond acceptors (Lipinski definition) is 2. The molecule has 0 bridgehead atoms. The summed E-state index contributed by atoms with van der Waals surface area (Å²) < 4.78 is 1.72. The molecule has 0 unspecified atom stereocenters. The molecule has 0 spiro atoms. The van der Waals surface area contributed by atoms with Crippen LogP contribution in [0.15, 0.2) is 24.6 Å². The van der Waals surface area contributed by atoms with Crippen LogP contribution in [-0.2, 0) is 7.05 Å². The Morgan fingerprint density at radius 3 is 2.91 bits per heavy atom. The van der Waals surface area contributed by atoms with Crippen LogP contribution in [0.25, 0.3) is 6.08 Å². The zero-order chi connectivity index (χ0) is 8.27. The van der Waals surface area contributed by atoms with E-state index in [1.165, 1.54) is 6.33 Å². The fourth-order valence-corrected chi connectivity index (χ4v) is 0.698. The predicted octanol–water partition coefficient (Wildman–Crippen LogP) is 1.40. The van der Waals surface area contributed by atoms with Crippen LogP contribution in [0.5, 0.6) is 0 Å². The molecule has 11 heavy (non-hydrogen) atoms. The van der Waals surface area contributed by atoms with Crippen LogP contribution in [0, 0.1) is 0 Å². The Hall–Kier alpha value is -1.38. The van der Waals surface area contributed by atoms with E-state index in [-0.39, 0.29) is 0 Å². The summed E-state index contributed by atoms with van der Waals surface area (Å²) in [4.78, 5) is 4.03. The Balaban J connectivity index is 2.94. The van der Waals surface area contributed by atoms with Gasteiger partial charge >= 0.3 is 0 Å². The summed E-state index contributed by atoms with van der Waals surface area (Å²) in [6.07, 6.45) is 5.25. The lowest BCUT2D eigenvalue weighted by Crippen LogP contribution is -1.93. The van der Waals surface area contributed by atoms with Crippen LogP contribution in [-0.4, -0.2) is 14.8 Å². The third-order valence-electron chi connectivity index (χ3n) is 1.43. The van der Waals surface area contributed by atoms with Crippen LogP contribution >= 0.6 is 0 Å². The highest BCUT2D eigenvalue weighted by molar-refractivity contribution is 5.47. The number of aryl methyl sites for hydroxylation is 1. The molecule has 0 saturated carbocycles. The lowest BCUT2D eigenvalue weighted by molar-refractivity contribution is 0.756. The molecule has 1 rings (SSSR count). The minimum atomic E-state index is 0.849. The normalized spacial score (nSPS) is 11.6. The van der Waals surface area contributed by atoms with Gasteiger partial charge in [0.25, 0.3) is 0 Å². The Kier molecular flexibility index (Phi) is 2.21. The predicted molar refractivity (Wildman–Crippen MR) is 44.9 cm³/mol. The highest BCUT2D eigenvalue weighted by Gasteiger charge is 1.93. The van der Waals surface area contributed by atoms with E-state index in [9.17, 15) is 0 Å². The fourth-order valence-electron chi connectivity index (χ4n) is 0.698. The molecule has 3 heteroatoms. The van der Waals surface area contributed by atoms with E-state index in [0.29, 0.717) is 0 Å². The van der Waals surface area contributed by atoms with Crippen molar-refractivity contribution < 1.29 is 0 Å². The molecule has 0 radical (unpaired) electrons. The largest absolute Gasteiger partial charge is 0.249 e. The lowest BCUT2D eigenvalue weighted by atomic mass is 10.3. The van der Waals surface area contributed by atoms with Gasteiger partial charge in [0.15, 0.2) is 5.82 Å². The second-order valence-electron chi connectivity index (χ2n) is 2.33. The van der Waals surface area contributed by atoms with E-state index in [1.807, 2.05) is 20.0 Å². The smallest absolute Gasteiger partial charge is 0.150 e. The SMILES string of the molecule is C=C/C(C)=C\c1ncnn1C. The van der Waals surface area contributed by atoms with E-state index >= 15 is 0 Å². The average molecular weight is 149 g/mol. The molecule has 0 saturated heterocycles. The van der Waals surface area contributed by atoms with Crippen LogP contribution in [0.1, 0.15) is 12.7 Å². The fraction of sp³-hybridized carbons (Fsp3) is 0.250. The van der Waals surface area contributed by atoms with Gasteiger partial charge in [-0.05, 0) is 18.6 Å². The molecule has 1 heterocycles. The number of aromatic nitrogens is 3. The van der Waals surface area contributed by atoms with Gasteiger partial charge in [-0.25, -0.2) is 9.67 Å². The van der Waals surface area contributed by atoms with Gasteiger partial charge in [-0.2, -0.15) is 5.10 Å². The summed E-state index contributed by atoms with van der Waals surface area (Å²) in [5, 5.41) is 3.93. The molecule has 1 aromatic heterocycles. The molecule has 0 amide bonds. The van der Waals surface area contributed by atoms with Crippen molar-refractivity contribution in [2.75, 3.05) is 0 Å². The van der Waals surface area contributed by atoms with Gasteiger partial charge in [-0.1, -0.05) is 12.7 Å². The van der Waals surface area contributed by atoms with Crippen LogP contribution in [0.2, 0.25) is 0 Å². The van der Waals surface area contributed by atoms with Crippen molar-refractivity contribution >= 4 is 6.08 Å². The first-order valence-electron chi connectivity index (χ1n) is 3.39. The molecule has 0 aromatic carbocycles. The van der Waals surface area contributed by atoms with Crippen molar-refractivity contribution in [1.82, 2.24) is 14.8 Å². The summed E-state index contributed by atoms with van der Waals surface area (Å²) in [7, 11) is 1.86. The monoisotopic (exact) mass is 149 g/mol. The molecule has 0 N–H and O–H groups in total. The molecule has 0 aliphatic rings. The van der Waals surface area contributed by atoms with Gasteiger partial charge < -0.3 is 0 Å². The zero-order valence-corrected chi connectivity index (χ0v) is 6.78. The molecule has 1 aromatic rings. The molecule has 0 fully saturated rings. The first kappa shape index (κ1) is 7.72. The van der Waals surface area contributed by atoms with Crippen LogP contribution < -0.4 is 0 Å². The van der Waals surface area contributed by atoms with E-state index in [0.717, 1.165) is 11.4 Å². The first-order valence-corrected chi connectivity index (χ1v) is 3.39. The Labute approximate surface area is 66.1 Å². The summed E-state index contributed by atoms with van der Waals surface area (Å²) in [5.41, 5.74) is 1.08.